The Kier molecular flexibility index (Phi) is 6.85. The van der Waals surface area contributed by atoms with Gasteiger partial charge in [0, 0.05) is 57.8 Å². The molecular formula is C26H29FN6O2. The zero-order valence-electron chi connectivity index (χ0n) is 20.3. The lowest BCUT2D eigenvalue weighted by Gasteiger charge is -2.48. The molecule has 0 bridgehead atoms. The summed E-state index contributed by atoms with van der Waals surface area (Å²) in [6.07, 6.45) is 0.251. The minimum Gasteiger partial charge on any atom is -0.364 e. The summed E-state index contributed by atoms with van der Waals surface area (Å²) >= 11 is 0. The second kappa shape index (κ2) is 9.84. The molecule has 1 aromatic carbocycles. The first-order valence-electron chi connectivity index (χ1n) is 11.6. The maximum atomic E-state index is 13.6. The van der Waals surface area contributed by atoms with Crippen molar-refractivity contribution in [1.82, 2.24) is 19.8 Å². The topological polar surface area (TPSA) is 94.3 Å². The van der Waals surface area contributed by atoms with Gasteiger partial charge >= 0.3 is 0 Å². The van der Waals surface area contributed by atoms with Crippen LogP contribution in [0.3, 0.4) is 0 Å². The molecule has 3 aromatic rings. The molecule has 9 heteroatoms. The third-order valence-electron chi connectivity index (χ3n) is 6.84. The molecule has 4 rings (SSSR count). The van der Waals surface area contributed by atoms with Gasteiger partial charge in [-0.1, -0.05) is 12.1 Å². The van der Waals surface area contributed by atoms with E-state index in [0.29, 0.717) is 35.5 Å². The molecule has 0 radical (unpaired) electrons. The number of benzene rings is 1. The fourth-order valence-corrected chi connectivity index (χ4v) is 4.91. The second-order valence-corrected chi connectivity index (χ2v) is 9.09. The van der Waals surface area contributed by atoms with Gasteiger partial charge in [-0.15, -0.1) is 0 Å². The number of amides is 1. The average Bonchev–Trinajstić information content (AvgIpc) is 2.86. The van der Waals surface area contributed by atoms with Crippen molar-refractivity contribution in [3.05, 3.63) is 69.9 Å². The largest absolute Gasteiger partial charge is 0.364 e. The van der Waals surface area contributed by atoms with E-state index in [2.05, 4.69) is 40.0 Å². The van der Waals surface area contributed by atoms with E-state index >= 15 is 0 Å². The summed E-state index contributed by atoms with van der Waals surface area (Å²) in [5.41, 5.74) is 2.99. The Morgan fingerprint density at radius 1 is 1.20 bits per heavy atom. The third-order valence-corrected chi connectivity index (χ3v) is 6.84. The molecule has 1 N–H and O–H groups in total. The molecular weight excluding hydrogens is 447 g/mol. The highest BCUT2D eigenvalue weighted by molar-refractivity contribution is 5.89. The molecule has 1 saturated heterocycles. The van der Waals surface area contributed by atoms with Crippen LogP contribution in [0.25, 0.3) is 11.0 Å². The van der Waals surface area contributed by atoms with Gasteiger partial charge in [0.15, 0.2) is 0 Å². The summed E-state index contributed by atoms with van der Waals surface area (Å²) < 4.78 is 15.1. The van der Waals surface area contributed by atoms with Crippen LogP contribution in [0.4, 0.5) is 10.1 Å². The highest BCUT2D eigenvalue weighted by Crippen LogP contribution is 2.34. The van der Waals surface area contributed by atoms with Gasteiger partial charge in [0.2, 0.25) is 5.91 Å². The van der Waals surface area contributed by atoms with E-state index in [0.717, 1.165) is 5.56 Å². The summed E-state index contributed by atoms with van der Waals surface area (Å²) in [6, 6.07) is 13.1. The number of hydrogen-bond acceptors (Lipinski definition) is 6. The Balaban J connectivity index is 1.71. The second-order valence-electron chi connectivity index (χ2n) is 9.09. The molecule has 35 heavy (non-hydrogen) atoms. The van der Waals surface area contributed by atoms with Crippen molar-refractivity contribution in [2.24, 2.45) is 7.05 Å². The number of rotatable bonds is 5. The van der Waals surface area contributed by atoms with Crippen molar-refractivity contribution >= 4 is 22.6 Å². The van der Waals surface area contributed by atoms with Gasteiger partial charge in [0.25, 0.3) is 5.56 Å². The smallest absolute Gasteiger partial charge is 0.252 e. The standard InChI is InChI=1S/C26H29FN6O2/c1-16-15-33(23-12-25(35)31(4)21-10-9-20(13-28)30-26(21)23)17(2)14-32(16)22(11-24(34)29-3)18-5-7-19(27)8-6-18/h5-10,12,16-17,22H,11,14-15H2,1-4H3,(H,29,34)/t16-,17+,22?/m1/s1. The van der Waals surface area contributed by atoms with E-state index in [1.165, 1.54) is 16.7 Å². The Bertz CT molecular complexity index is 1350. The zero-order chi connectivity index (χ0) is 25.3. The number of pyridine rings is 2. The van der Waals surface area contributed by atoms with Crippen LogP contribution in [0.2, 0.25) is 0 Å². The Morgan fingerprint density at radius 2 is 1.91 bits per heavy atom. The third kappa shape index (κ3) is 4.75. The molecule has 1 aliphatic rings. The van der Waals surface area contributed by atoms with Gasteiger partial charge in [-0.25, -0.2) is 9.37 Å². The number of fused-ring (bicyclic) bond motifs is 1. The van der Waals surface area contributed by atoms with E-state index in [9.17, 15) is 19.2 Å². The normalized spacial score (nSPS) is 19.4. The lowest BCUT2D eigenvalue weighted by Crippen LogP contribution is -2.58. The van der Waals surface area contributed by atoms with E-state index in [4.69, 9.17) is 0 Å². The molecule has 0 aliphatic carbocycles. The molecule has 1 fully saturated rings. The number of nitrogens with zero attached hydrogens (tertiary/aromatic N) is 5. The maximum Gasteiger partial charge on any atom is 0.252 e. The monoisotopic (exact) mass is 476 g/mol. The Hall–Kier alpha value is -3.77. The van der Waals surface area contributed by atoms with Gasteiger partial charge in [0.1, 0.15) is 23.1 Å². The molecule has 182 valence electrons. The van der Waals surface area contributed by atoms with Gasteiger partial charge < -0.3 is 14.8 Å². The summed E-state index contributed by atoms with van der Waals surface area (Å²) in [4.78, 5) is 34.0. The number of hydrogen-bond donors (Lipinski definition) is 1. The minimum absolute atomic E-state index is 0.0123. The van der Waals surface area contributed by atoms with Crippen molar-refractivity contribution in [2.75, 3.05) is 25.0 Å². The highest BCUT2D eigenvalue weighted by Gasteiger charge is 2.36. The Labute approximate surface area is 203 Å². The number of anilines is 1. The molecule has 2 aromatic heterocycles. The number of piperazine rings is 1. The number of nitriles is 1. The quantitative estimate of drug-likeness (QED) is 0.609. The number of carbonyl (C=O) groups excluding carboxylic acids is 1. The van der Waals surface area contributed by atoms with Crippen molar-refractivity contribution in [3.63, 3.8) is 0 Å². The minimum atomic E-state index is -0.319. The molecule has 3 heterocycles. The van der Waals surface area contributed by atoms with E-state index < -0.39 is 0 Å². The van der Waals surface area contributed by atoms with Crippen molar-refractivity contribution in [2.45, 2.75) is 38.4 Å². The average molecular weight is 477 g/mol. The van der Waals surface area contributed by atoms with Crippen LogP contribution in [0.5, 0.6) is 0 Å². The van der Waals surface area contributed by atoms with Crippen LogP contribution < -0.4 is 15.8 Å². The zero-order valence-corrected chi connectivity index (χ0v) is 20.3. The summed E-state index contributed by atoms with van der Waals surface area (Å²) in [6.45, 7) is 5.36. The fourth-order valence-electron chi connectivity index (χ4n) is 4.91. The summed E-state index contributed by atoms with van der Waals surface area (Å²) in [5.74, 6) is -0.409. The lowest BCUT2D eigenvalue weighted by atomic mass is 9.96. The summed E-state index contributed by atoms with van der Waals surface area (Å²) in [5, 5.41) is 12.1. The predicted molar refractivity (Wildman–Crippen MR) is 132 cm³/mol. The van der Waals surface area contributed by atoms with Gasteiger partial charge in [-0.3, -0.25) is 14.5 Å². The molecule has 8 nitrogen and oxygen atoms in total. The molecule has 1 aliphatic heterocycles. The first-order valence-corrected chi connectivity index (χ1v) is 11.6. The van der Waals surface area contributed by atoms with Gasteiger partial charge in [0.05, 0.1) is 11.2 Å². The van der Waals surface area contributed by atoms with Crippen LogP contribution in [0.15, 0.2) is 47.3 Å². The fraction of sp³-hybridized carbons (Fsp3) is 0.385. The Morgan fingerprint density at radius 3 is 2.57 bits per heavy atom. The van der Waals surface area contributed by atoms with Gasteiger partial charge in [-0.2, -0.15) is 5.26 Å². The number of halogens is 1. The maximum absolute atomic E-state index is 13.6. The van der Waals surface area contributed by atoms with Gasteiger partial charge in [-0.05, 0) is 43.7 Å². The number of aryl methyl sites for hydroxylation is 1. The molecule has 1 amide bonds. The first kappa shape index (κ1) is 24.4. The lowest BCUT2D eigenvalue weighted by molar-refractivity contribution is -0.122. The molecule has 3 atom stereocenters. The van der Waals surface area contributed by atoms with Crippen LogP contribution in [-0.2, 0) is 11.8 Å². The summed E-state index contributed by atoms with van der Waals surface area (Å²) in [7, 11) is 3.30. The number of aromatic nitrogens is 2. The first-order chi connectivity index (χ1) is 16.7. The van der Waals surface area contributed by atoms with Crippen molar-refractivity contribution in [1.29, 1.82) is 5.26 Å². The van der Waals surface area contributed by atoms with E-state index in [-0.39, 0.29) is 41.8 Å². The molecule has 0 saturated carbocycles. The van der Waals surface area contributed by atoms with Crippen LogP contribution in [0.1, 0.15) is 37.6 Å². The SMILES string of the molecule is CNC(=O)CC(c1ccc(F)cc1)N1C[C@H](C)N(c2cc(=O)n(C)c3ccc(C#N)nc23)C[C@H]1C. The highest BCUT2D eigenvalue weighted by atomic mass is 19.1. The number of carbonyl (C=O) groups is 1. The predicted octanol–water partition coefficient (Wildman–Crippen LogP) is 2.72. The molecule has 1 unspecified atom stereocenters. The van der Waals surface area contributed by atoms with E-state index in [1.807, 2.05) is 0 Å². The van der Waals surface area contributed by atoms with Crippen LogP contribution in [-0.4, -0.2) is 52.6 Å². The van der Waals surface area contributed by atoms with Crippen molar-refractivity contribution < 1.29 is 9.18 Å². The van der Waals surface area contributed by atoms with Crippen LogP contribution in [0, 0.1) is 17.1 Å². The number of nitrogens with one attached hydrogen (secondary N) is 1. The molecule has 0 spiro atoms. The van der Waals surface area contributed by atoms with Crippen molar-refractivity contribution in [3.8, 4) is 6.07 Å². The van der Waals surface area contributed by atoms with Crippen LogP contribution >= 0.6 is 0 Å². The van der Waals surface area contributed by atoms with E-state index in [1.54, 1.807) is 44.4 Å².